The SMILES string of the molecule is CN(C)/C=N/N1C(=O)C2C3c4ccccc4C(c4ccccc43)C2C1=O. The fourth-order valence-corrected chi connectivity index (χ4v) is 4.93. The van der Waals surface area contributed by atoms with Crippen LogP contribution < -0.4 is 0 Å². The molecular weight excluding hydrogens is 326 g/mol. The van der Waals surface area contributed by atoms with Gasteiger partial charge in [-0.1, -0.05) is 48.5 Å². The van der Waals surface area contributed by atoms with Gasteiger partial charge >= 0.3 is 0 Å². The van der Waals surface area contributed by atoms with Crippen molar-refractivity contribution in [2.75, 3.05) is 14.1 Å². The average molecular weight is 345 g/mol. The van der Waals surface area contributed by atoms with Crippen LogP contribution in [0.2, 0.25) is 0 Å². The molecule has 1 heterocycles. The lowest BCUT2D eigenvalue weighted by Gasteiger charge is -2.45. The van der Waals surface area contributed by atoms with E-state index in [1.165, 1.54) is 28.6 Å². The zero-order valence-electron chi connectivity index (χ0n) is 14.7. The van der Waals surface area contributed by atoms with Crippen molar-refractivity contribution in [2.24, 2.45) is 16.9 Å². The minimum absolute atomic E-state index is 0.0755. The Bertz CT molecular complexity index is 850. The minimum Gasteiger partial charge on any atom is -0.367 e. The third kappa shape index (κ3) is 1.83. The van der Waals surface area contributed by atoms with Gasteiger partial charge in [0.15, 0.2) is 0 Å². The number of hydrogen-bond donors (Lipinski definition) is 0. The second kappa shape index (κ2) is 5.27. The number of rotatable bonds is 2. The molecule has 0 radical (unpaired) electrons. The summed E-state index contributed by atoms with van der Waals surface area (Å²) in [5.74, 6) is -1.25. The first-order valence-corrected chi connectivity index (χ1v) is 8.85. The van der Waals surface area contributed by atoms with Gasteiger partial charge in [0.2, 0.25) is 0 Å². The van der Waals surface area contributed by atoms with E-state index in [4.69, 9.17) is 0 Å². The van der Waals surface area contributed by atoms with E-state index in [1.807, 2.05) is 38.4 Å². The summed E-state index contributed by atoms with van der Waals surface area (Å²) < 4.78 is 0. The van der Waals surface area contributed by atoms with Gasteiger partial charge in [0, 0.05) is 25.9 Å². The van der Waals surface area contributed by atoms with E-state index in [1.54, 1.807) is 4.90 Å². The van der Waals surface area contributed by atoms with Crippen LogP contribution in [-0.2, 0) is 9.59 Å². The summed E-state index contributed by atoms with van der Waals surface area (Å²) in [6, 6.07) is 16.5. The van der Waals surface area contributed by atoms with E-state index in [2.05, 4.69) is 29.4 Å². The smallest absolute Gasteiger partial charge is 0.254 e. The lowest BCUT2D eigenvalue weighted by atomic mass is 9.55. The van der Waals surface area contributed by atoms with E-state index in [9.17, 15) is 9.59 Å². The lowest BCUT2D eigenvalue weighted by Crippen LogP contribution is -2.41. The number of carbonyl (C=O) groups excluding carboxylic acids is 2. The summed E-state index contributed by atoms with van der Waals surface area (Å²) in [6.07, 6.45) is 1.51. The molecule has 2 atom stereocenters. The first kappa shape index (κ1) is 15.3. The minimum atomic E-state index is -0.364. The average Bonchev–Trinajstić information content (AvgIpc) is 2.91. The molecule has 26 heavy (non-hydrogen) atoms. The van der Waals surface area contributed by atoms with Crippen LogP contribution in [0.5, 0.6) is 0 Å². The number of carbonyl (C=O) groups is 2. The van der Waals surface area contributed by atoms with Crippen LogP contribution in [0, 0.1) is 11.8 Å². The van der Waals surface area contributed by atoms with Crippen molar-refractivity contribution in [3.05, 3.63) is 70.8 Å². The number of amides is 2. The second-order valence-corrected chi connectivity index (χ2v) is 7.45. The Kier molecular flexibility index (Phi) is 3.11. The van der Waals surface area contributed by atoms with Crippen molar-refractivity contribution >= 4 is 18.2 Å². The monoisotopic (exact) mass is 345 g/mol. The van der Waals surface area contributed by atoms with Gasteiger partial charge < -0.3 is 4.90 Å². The summed E-state index contributed by atoms with van der Waals surface area (Å²) in [4.78, 5) is 28.0. The molecule has 2 amide bonds. The Balaban J connectivity index is 1.71. The predicted octanol–water partition coefficient (Wildman–Crippen LogP) is 2.38. The van der Waals surface area contributed by atoms with Crippen LogP contribution in [-0.4, -0.2) is 42.2 Å². The van der Waals surface area contributed by atoms with Gasteiger partial charge in [0.25, 0.3) is 11.8 Å². The van der Waals surface area contributed by atoms with Crippen LogP contribution in [0.1, 0.15) is 34.1 Å². The second-order valence-electron chi connectivity index (χ2n) is 7.45. The molecule has 0 saturated carbocycles. The third-order valence-electron chi connectivity index (χ3n) is 5.82. The van der Waals surface area contributed by atoms with Crippen LogP contribution in [0.15, 0.2) is 53.6 Å². The quantitative estimate of drug-likeness (QED) is 0.477. The molecule has 2 aromatic carbocycles. The molecule has 1 saturated heterocycles. The summed E-state index contributed by atoms with van der Waals surface area (Å²) in [5.41, 5.74) is 4.71. The van der Waals surface area contributed by atoms with Crippen molar-refractivity contribution < 1.29 is 9.59 Å². The fraction of sp³-hybridized carbons (Fsp3) is 0.286. The highest BCUT2D eigenvalue weighted by molar-refractivity contribution is 6.07. The normalized spacial score (nSPS) is 28.3. The van der Waals surface area contributed by atoms with Crippen LogP contribution in [0.25, 0.3) is 0 Å². The molecule has 5 nitrogen and oxygen atoms in total. The molecule has 5 heteroatoms. The third-order valence-corrected chi connectivity index (χ3v) is 5.82. The summed E-state index contributed by atoms with van der Waals surface area (Å²) in [5, 5.41) is 5.26. The lowest BCUT2D eigenvalue weighted by molar-refractivity contribution is -0.140. The molecule has 6 rings (SSSR count). The fourth-order valence-electron chi connectivity index (χ4n) is 4.93. The Morgan fingerprint density at radius 3 is 1.54 bits per heavy atom. The van der Waals surface area contributed by atoms with Crippen molar-refractivity contribution in [3.63, 3.8) is 0 Å². The number of nitrogens with zero attached hydrogens (tertiary/aromatic N) is 3. The zero-order valence-corrected chi connectivity index (χ0v) is 14.7. The van der Waals surface area contributed by atoms with E-state index in [0.29, 0.717) is 0 Å². The number of hydrazone groups is 1. The molecule has 2 unspecified atom stereocenters. The molecule has 130 valence electrons. The van der Waals surface area contributed by atoms with E-state index < -0.39 is 0 Å². The first-order valence-electron chi connectivity index (χ1n) is 8.85. The van der Waals surface area contributed by atoms with E-state index >= 15 is 0 Å². The first-order chi connectivity index (χ1) is 12.6. The summed E-state index contributed by atoms with van der Waals surface area (Å²) in [6.45, 7) is 0. The van der Waals surface area contributed by atoms with Gasteiger partial charge in [0.1, 0.15) is 6.34 Å². The van der Waals surface area contributed by atoms with Gasteiger partial charge in [-0.2, -0.15) is 10.1 Å². The van der Waals surface area contributed by atoms with Gasteiger partial charge in [-0.25, -0.2) is 0 Å². The highest BCUT2D eigenvalue weighted by Crippen LogP contribution is 2.60. The maximum Gasteiger partial charge on any atom is 0.254 e. The molecule has 3 aliphatic carbocycles. The molecule has 0 aromatic heterocycles. The topological polar surface area (TPSA) is 53.0 Å². The molecule has 2 aromatic rings. The number of hydrogen-bond acceptors (Lipinski definition) is 3. The van der Waals surface area contributed by atoms with Crippen LogP contribution in [0.3, 0.4) is 0 Å². The van der Waals surface area contributed by atoms with Crippen LogP contribution in [0.4, 0.5) is 0 Å². The molecule has 0 spiro atoms. The van der Waals surface area contributed by atoms with Gasteiger partial charge in [-0.15, -0.1) is 0 Å². The van der Waals surface area contributed by atoms with E-state index in [0.717, 1.165) is 5.01 Å². The maximum atomic E-state index is 13.1. The number of imide groups is 1. The zero-order chi connectivity index (χ0) is 18.0. The van der Waals surface area contributed by atoms with E-state index in [-0.39, 0.29) is 35.5 Å². The highest BCUT2D eigenvalue weighted by atomic mass is 16.2. The Morgan fingerprint density at radius 1 is 0.808 bits per heavy atom. The van der Waals surface area contributed by atoms with Gasteiger partial charge in [0.05, 0.1) is 11.8 Å². The van der Waals surface area contributed by atoms with Crippen molar-refractivity contribution in [3.8, 4) is 0 Å². The Morgan fingerprint density at radius 2 is 1.19 bits per heavy atom. The largest absolute Gasteiger partial charge is 0.367 e. The molecular formula is C21H19N3O2. The number of benzene rings is 2. The Hall–Kier alpha value is -2.95. The molecule has 2 bridgehead atoms. The van der Waals surface area contributed by atoms with Crippen molar-refractivity contribution in [2.45, 2.75) is 11.8 Å². The van der Waals surface area contributed by atoms with Gasteiger partial charge in [-0.05, 0) is 22.3 Å². The van der Waals surface area contributed by atoms with Crippen molar-refractivity contribution in [1.29, 1.82) is 0 Å². The van der Waals surface area contributed by atoms with Gasteiger partial charge in [-0.3, -0.25) is 9.59 Å². The highest BCUT2D eigenvalue weighted by Gasteiger charge is 2.61. The molecule has 1 fully saturated rings. The molecule has 4 aliphatic rings. The van der Waals surface area contributed by atoms with Crippen molar-refractivity contribution in [1.82, 2.24) is 9.91 Å². The summed E-state index contributed by atoms with van der Waals surface area (Å²) >= 11 is 0. The predicted molar refractivity (Wildman–Crippen MR) is 97.6 cm³/mol. The standard InChI is InChI=1S/C21H19N3O2/c1-23(2)11-22-24-20(25)18-16-12-7-3-4-8-13(12)17(19(18)21(24)26)15-10-6-5-9-14(15)16/h3-11,16-19H,1-2H3/b22-11+. The molecule has 1 aliphatic heterocycles. The molecule has 0 N–H and O–H groups in total. The maximum absolute atomic E-state index is 13.1. The summed E-state index contributed by atoms with van der Waals surface area (Å²) in [7, 11) is 3.63. The Labute approximate surface area is 151 Å². The van der Waals surface area contributed by atoms with Crippen LogP contribution >= 0.6 is 0 Å².